The average molecular weight is 291 g/mol. The zero-order chi connectivity index (χ0) is 14.7. The zero-order valence-corrected chi connectivity index (χ0v) is 12.0. The fourth-order valence-corrected chi connectivity index (χ4v) is 2.96. The van der Waals surface area contributed by atoms with E-state index in [0.29, 0.717) is 32.9 Å². The summed E-state index contributed by atoms with van der Waals surface area (Å²) in [5.74, 6) is 0.226. The van der Waals surface area contributed by atoms with Gasteiger partial charge in [0.1, 0.15) is 12.2 Å². The lowest BCUT2D eigenvalue weighted by molar-refractivity contribution is -0.213. The molecule has 2 fully saturated rings. The van der Waals surface area contributed by atoms with Crippen LogP contribution in [0.4, 0.5) is 4.79 Å². The molecule has 1 aromatic rings. The van der Waals surface area contributed by atoms with Gasteiger partial charge in [0.25, 0.3) is 0 Å². The van der Waals surface area contributed by atoms with Crippen molar-refractivity contribution in [2.45, 2.75) is 25.0 Å². The highest BCUT2D eigenvalue weighted by molar-refractivity contribution is 5.67. The molecule has 2 aliphatic rings. The second-order valence-corrected chi connectivity index (χ2v) is 5.90. The fourth-order valence-electron chi connectivity index (χ4n) is 2.96. The number of piperidine rings is 1. The highest BCUT2D eigenvalue weighted by atomic mass is 16.6. The van der Waals surface area contributed by atoms with Gasteiger partial charge in [0.2, 0.25) is 0 Å². The zero-order valence-electron chi connectivity index (χ0n) is 12.0. The van der Waals surface area contributed by atoms with E-state index in [1.807, 2.05) is 30.3 Å². The van der Waals surface area contributed by atoms with E-state index in [4.69, 9.17) is 9.47 Å². The Bertz CT molecular complexity index is 478. The van der Waals surface area contributed by atoms with Crippen LogP contribution in [0, 0.1) is 5.92 Å². The molecule has 1 aromatic carbocycles. The topological polar surface area (TPSA) is 59.0 Å². The Hall–Kier alpha value is -1.59. The minimum atomic E-state index is -0.667. The van der Waals surface area contributed by atoms with Gasteiger partial charge in [0, 0.05) is 13.1 Å². The minimum Gasteiger partial charge on any atom is -0.445 e. The minimum absolute atomic E-state index is 0.226. The summed E-state index contributed by atoms with van der Waals surface area (Å²) >= 11 is 0. The summed E-state index contributed by atoms with van der Waals surface area (Å²) in [6.45, 7) is 2.44. The van der Waals surface area contributed by atoms with E-state index in [1.54, 1.807) is 4.90 Å². The lowest BCUT2D eigenvalue weighted by atomic mass is 9.79. The number of carbonyl (C=O) groups excluding carboxylic acids is 1. The van der Waals surface area contributed by atoms with Gasteiger partial charge in [0.05, 0.1) is 13.2 Å². The number of amides is 1. The molecule has 0 atom stereocenters. The van der Waals surface area contributed by atoms with Gasteiger partial charge in [-0.3, -0.25) is 0 Å². The predicted octanol–water partition coefficient (Wildman–Crippen LogP) is 1.80. The molecule has 0 aliphatic carbocycles. The van der Waals surface area contributed by atoms with E-state index in [2.05, 4.69) is 0 Å². The van der Waals surface area contributed by atoms with Crippen LogP contribution < -0.4 is 0 Å². The maximum absolute atomic E-state index is 12.0. The third-order valence-electron chi connectivity index (χ3n) is 4.42. The van der Waals surface area contributed by atoms with E-state index in [-0.39, 0.29) is 12.0 Å². The second-order valence-electron chi connectivity index (χ2n) is 5.90. The second kappa shape index (κ2) is 6.03. The summed E-state index contributed by atoms with van der Waals surface area (Å²) in [5, 5.41) is 10.3. The van der Waals surface area contributed by atoms with Crippen molar-refractivity contribution in [2.24, 2.45) is 5.92 Å². The first-order chi connectivity index (χ1) is 10.2. The fraction of sp³-hybridized carbons (Fsp3) is 0.562. The Morgan fingerprint density at radius 1 is 1.29 bits per heavy atom. The first-order valence-electron chi connectivity index (χ1n) is 7.43. The molecule has 0 aromatic heterocycles. The molecule has 0 bridgehead atoms. The maximum atomic E-state index is 12.0. The molecule has 0 saturated carbocycles. The predicted molar refractivity (Wildman–Crippen MR) is 76.7 cm³/mol. The van der Waals surface area contributed by atoms with Crippen LogP contribution in [-0.2, 0) is 16.1 Å². The molecule has 2 heterocycles. The molecule has 2 saturated heterocycles. The van der Waals surface area contributed by atoms with Gasteiger partial charge in [-0.05, 0) is 24.3 Å². The lowest BCUT2D eigenvalue weighted by Gasteiger charge is -2.45. The normalized spacial score (nSPS) is 21.7. The molecule has 21 heavy (non-hydrogen) atoms. The average Bonchev–Trinajstić information content (AvgIpc) is 2.51. The smallest absolute Gasteiger partial charge is 0.410 e. The van der Waals surface area contributed by atoms with Crippen molar-refractivity contribution >= 4 is 6.09 Å². The first-order valence-corrected chi connectivity index (χ1v) is 7.43. The quantitative estimate of drug-likeness (QED) is 0.922. The van der Waals surface area contributed by atoms with Crippen molar-refractivity contribution in [3.8, 4) is 0 Å². The largest absolute Gasteiger partial charge is 0.445 e. The Morgan fingerprint density at radius 2 is 1.95 bits per heavy atom. The number of likely N-dealkylation sites (tertiary alicyclic amines) is 1. The summed E-state index contributed by atoms with van der Waals surface area (Å²) in [6.07, 6.45) is 1.34. The number of hydrogen-bond donors (Lipinski definition) is 1. The summed E-state index contributed by atoms with van der Waals surface area (Å²) < 4.78 is 10.4. The number of benzene rings is 1. The van der Waals surface area contributed by atoms with Crippen LogP contribution >= 0.6 is 0 Å². The van der Waals surface area contributed by atoms with Crippen LogP contribution in [0.25, 0.3) is 0 Å². The third kappa shape index (κ3) is 3.19. The molecule has 0 radical (unpaired) electrons. The molecule has 1 N–H and O–H groups in total. The van der Waals surface area contributed by atoms with E-state index in [0.717, 1.165) is 18.4 Å². The number of rotatable bonds is 3. The summed E-state index contributed by atoms with van der Waals surface area (Å²) in [5.41, 5.74) is 0.321. The van der Waals surface area contributed by atoms with Crippen LogP contribution in [0.5, 0.6) is 0 Å². The van der Waals surface area contributed by atoms with E-state index in [9.17, 15) is 9.90 Å². The Morgan fingerprint density at radius 3 is 2.52 bits per heavy atom. The van der Waals surface area contributed by atoms with E-state index >= 15 is 0 Å². The van der Waals surface area contributed by atoms with Crippen molar-refractivity contribution in [2.75, 3.05) is 26.3 Å². The van der Waals surface area contributed by atoms with Crippen molar-refractivity contribution in [3.05, 3.63) is 35.9 Å². The van der Waals surface area contributed by atoms with Gasteiger partial charge in [-0.1, -0.05) is 30.3 Å². The molecule has 5 heteroatoms. The summed E-state index contributed by atoms with van der Waals surface area (Å²) in [6, 6.07) is 9.66. The summed E-state index contributed by atoms with van der Waals surface area (Å²) in [7, 11) is 0. The van der Waals surface area contributed by atoms with Gasteiger partial charge < -0.3 is 19.5 Å². The molecule has 3 rings (SSSR count). The Labute approximate surface area is 124 Å². The Kier molecular flexibility index (Phi) is 4.12. The standard InChI is InChI=1S/C16H21NO4/c18-15(21-10-13-4-2-1-3-5-13)17-8-6-14(7-9-17)16(19)11-20-12-16/h1-5,14,19H,6-12H2. The molecular formula is C16H21NO4. The van der Waals surface area contributed by atoms with E-state index in [1.165, 1.54) is 0 Å². The lowest BCUT2D eigenvalue weighted by Crippen LogP contribution is -2.58. The van der Waals surface area contributed by atoms with Crippen molar-refractivity contribution in [1.82, 2.24) is 4.90 Å². The summed E-state index contributed by atoms with van der Waals surface area (Å²) in [4.78, 5) is 13.8. The van der Waals surface area contributed by atoms with Crippen molar-refractivity contribution in [1.29, 1.82) is 0 Å². The molecular weight excluding hydrogens is 270 g/mol. The highest BCUT2D eigenvalue weighted by Gasteiger charge is 2.45. The van der Waals surface area contributed by atoms with Crippen LogP contribution in [-0.4, -0.2) is 48.0 Å². The van der Waals surface area contributed by atoms with Crippen LogP contribution in [0.2, 0.25) is 0 Å². The van der Waals surface area contributed by atoms with Crippen LogP contribution in [0.15, 0.2) is 30.3 Å². The molecule has 114 valence electrons. The van der Waals surface area contributed by atoms with Crippen LogP contribution in [0.3, 0.4) is 0 Å². The van der Waals surface area contributed by atoms with Crippen molar-refractivity contribution < 1.29 is 19.4 Å². The number of aliphatic hydroxyl groups is 1. The molecule has 1 amide bonds. The molecule has 0 unspecified atom stereocenters. The number of ether oxygens (including phenoxy) is 2. The first kappa shape index (κ1) is 14.4. The van der Waals surface area contributed by atoms with Crippen molar-refractivity contribution in [3.63, 3.8) is 0 Å². The van der Waals surface area contributed by atoms with E-state index < -0.39 is 5.60 Å². The molecule has 5 nitrogen and oxygen atoms in total. The molecule has 2 aliphatic heterocycles. The molecule has 0 spiro atoms. The van der Waals surface area contributed by atoms with Gasteiger partial charge >= 0.3 is 6.09 Å². The van der Waals surface area contributed by atoms with Gasteiger partial charge in [-0.15, -0.1) is 0 Å². The van der Waals surface area contributed by atoms with Crippen LogP contribution in [0.1, 0.15) is 18.4 Å². The number of hydrogen-bond acceptors (Lipinski definition) is 4. The Balaban J connectivity index is 1.44. The van der Waals surface area contributed by atoms with Gasteiger partial charge in [-0.25, -0.2) is 4.79 Å². The maximum Gasteiger partial charge on any atom is 0.410 e. The number of carbonyl (C=O) groups is 1. The SMILES string of the molecule is O=C(OCc1ccccc1)N1CCC(C2(O)COC2)CC1. The van der Waals surface area contributed by atoms with Gasteiger partial charge in [-0.2, -0.15) is 0 Å². The third-order valence-corrected chi connectivity index (χ3v) is 4.42. The monoisotopic (exact) mass is 291 g/mol. The van der Waals surface area contributed by atoms with Gasteiger partial charge in [0.15, 0.2) is 0 Å². The number of nitrogens with zero attached hydrogens (tertiary/aromatic N) is 1. The highest BCUT2D eigenvalue weighted by Crippen LogP contribution is 2.33.